The predicted molar refractivity (Wildman–Crippen MR) is 10.8 cm³/mol. The Labute approximate surface area is 66.0 Å². The Hall–Kier alpha value is 1.02. The van der Waals surface area contributed by atoms with Gasteiger partial charge in [0.05, 0.1) is 0 Å². The molecule has 0 atom stereocenters. The third kappa shape index (κ3) is 11.9. The van der Waals surface area contributed by atoms with Gasteiger partial charge in [-0.3, -0.25) is 0 Å². The molecule has 0 heterocycles. The molecule has 0 unspecified atom stereocenters. The molecule has 0 N–H and O–H groups in total. The van der Waals surface area contributed by atoms with E-state index in [9.17, 15) is 0 Å². The molecule has 17 valence electrons. The van der Waals surface area contributed by atoms with E-state index in [0.29, 0.717) is 0 Å². The molecule has 0 amide bonds. The molecule has 0 aromatic carbocycles. The van der Waals surface area contributed by atoms with Gasteiger partial charge in [-0.25, -0.2) is 0 Å². The average Bonchev–Trinajstić information content (AvgIpc) is 0.918. The first kappa shape index (κ1) is 8.89. The Kier molecular flexibility index (Phi) is 20.0. The Bertz CT molecular complexity index is 27.0. The van der Waals surface area contributed by atoms with Crippen LogP contribution in [0.3, 0.4) is 0 Å². The van der Waals surface area contributed by atoms with E-state index in [4.69, 9.17) is 9.59 Å². The Morgan fingerprint density at radius 3 is 1.25 bits per heavy atom. The van der Waals surface area contributed by atoms with Crippen LogP contribution in [-0.2, 0) is 9.59 Å². The van der Waals surface area contributed by atoms with Crippen molar-refractivity contribution in [2.45, 2.75) is 0 Å². The summed E-state index contributed by atoms with van der Waals surface area (Å²) in [4.78, 5) is 16.2. The third-order valence-corrected chi connectivity index (χ3v) is 0. The van der Waals surface area contributed by atoms with Crippen LogP contribution in [0.2, 0.25) is 0 Å². The average molecular weight is 83.1 g/mol. The van der Waals surface area contributed by atoms with Crippen molar-refractivity contribution in [1.29, 1.82) is 0 Å². The number of rotatable bonds is 0. The van der Waals surface area contributed by atoms with Crippen molar-refractivity contribution in [2.75, 3.05) is 0 Å². The van der Waals surface area contributed by atoms with E-state index in [0.717, 1.165) is 0 Å². The second kappa shape index (κ2) is 8.99. The topological polar surface area (TPSA) is 34.1 Å². The van der Waals surface area contributed by atoms with Gasteiger partial charge in [0.25, 0.3) is 0 Å². The molecule has 0 saturated carbocycles. The van der Waals surface area contributed by atoms with Crippen molar-refractivity contribution >= 4 is 57.5 Å². The van der Waals surface area contributed by atoms with Crippen LogP contribution in [-0.4, -0.2) is 57.5 Å². The van der Waals surface area contributed by atoms with E-state index in [2.05, 4.69) is 0 Å². The van der Waals surface area contributed by atoms with Gasteiger partial charge in [-0.2, -0.15) is 9.59 Å². The summed E-state index contributed by atoms with van der Waals surface area (Å²) in [7, 11) is 0. The van der Waals surface area contributed by atoms with Crippen molar-refractivity contribution in [1.82, 2.24) is 0 Å². The van der Waals surface area contributed by atoms with Crippen LogP contribution in [0.25, 0.3) is 0 Å². The van der Waals surface area contributed by atoms with Gasteiger partial charge in [0.2, 0.25) is 0 Å². The second-order valence-electron chi connectivity index (χ2n) is 0.0833. The monoisotopic (exact) mass is 83.0 g/mol. The zero-order chi connectivity index (χ0) is 2.71. The number of hydrogen-bond donors (Lipinski definition) is 0. The Balaban J connectivity index is 0. The quantitative estimate of drug-likeness (QED) is 0.353. The van der Waals surface area contributed by atoms with Gasteiger partial charge >= 0.3 is 6.15 Å². The van der Waals surface area contributed by atoms with Crippen molar-refractivity contribution in [3.63, 3.8) is 0 Å². The van der Waals surface area contributed by atoms with Crippen LogP contribution in [0.1, 0.15) is 0 Å². The molecule has 0 saturated heterocycles. The summed E-state index contributed by atoms with van der Waals surface area (Å²) < 4.78 is 0. The van der Waals surface area contributed by atoms with Crippen LogP contribution >= 0.6 is 0 Å². The zero-order valence-corrected chi connectivity index (χ0v) is 5.44. The molecule has 0 aromatic rings. The Morgan fingerprint density at radius 2 is 1.25 bits per heavy atom. The molecule has 0 aliphatic rings. The van der Waals surface area contributed by atoms with E-state index < -0.39 is 0 Å². The van der Waals surface area contributed by atoms with Crippen molar-refractivity contribution < 1.29 is 9.59 Å². The minimum absolute atomic E-state index is 0. The molecule has 1 radical (unpaired) electrons. The summed E-state index contributed by atoms with van der Waals surface area (Å²) in [6, 6.07) is 0. The molecule has 4 heavy (non-hydrogen) atoms. The second-order valence-corrected chi connectivity index (χ2v) is 0.0833. The normalized spacial score (nSPS) is 2.00. The first-order valence-electron chi connectivity index (χ1n) is 0.408. The molecule has 0 aliphatic carbocycles. The summed E-state index contributed by atoms with van der Waals surface area (Å²) >= 11 is 0. The molecule has 0 aliphatic heterocycles. The molecule has 0 rings (SSSR count). The van der Waals surface area contributed by atoms with E-state index in [1.807, 2.05) is 0 Å². The van der Waals surface area contributed by atoms with Crippen LogP contribution in [0.5, 0.6) is 0 Å². The fourth-order valence-corrected chi connectivity index (χ4v) is 0. The third-order valence-electron chi connectivity index (χ3n) is 0. The number of carbonyl (C=O) groups excluding carboxylic acids is 2. The van der Waals surface area contributed by atoms with Crippen molar-refractivity contribution in [3.8, 4) is 0 Å². The molecule has 3 heteroatoms. The fourth-order valence-electron chi connectivity index (χ4n) is 0. The minimum atomic E-state index is 0. The van der Waals surface area contributed by atoms with Crippen LogP contribution in [0.4, 0.5) is 0 Å². The maximum atomic E-state index is 8.12. The maximum absolute atomic E-state index is 8.12. The van der Waals surface area contributed by atoms with E-state index >= 15 is 0 Å². The molecule has 0 fully saturated rings. The minimum Gasteiger partial charge on any atom is -0.186 e. The summed E-state index contributed by atoms with van der Waals surface area (Å²) in [5.41, 5.74) is 0. The van der Waals surface area contributed by atoms with Crippen LogP contribution < -0.4 is 0 Å². The van der Waals surface area contributed by atoms with E-state index in [-0.39, 0.29) is 57.5 Å². The van der Waals surface area contributed by atoms with Gasteiger partial charge in [0.15, 0.2) is 0 Å². The van der Waals surface area contributed by atoms with Gasteiger partial charge < -0.3 is 0 Å². The van der Waals surface area contributed by atoms with Crippen LogP contribution in [0.15, 0.2) is 0 Å². The van der Waals surface area contributed by atoms with Gasteiger partial charge in [-0.15, -0.1) is 0 Å². The largest absolute Gasteiger partial charge is 0.373 e. The molecular formula is CKO2. The zero-order valence-electron chi connectivity index (χ0n) is 2.32. The molecule has 0 spiro atoms. The fraction of sp³-hybridized carbons (Fsp3) is 0. The SMILES string of the molecule is O=C=O.[K]. The standard InChI is InChI=1S/CO2.K/c2-1-3;. The Morgan fingerprint density at radius 1 is 1.25 bits per heavy atom. The predicted octanol–water partition coefficient (Wildman–Crippen LogP) is -0.964. The summed E-state index contributed by atoms with van der Waals surface area (Å²) in [6.45, 7) is 0. The van der Waals surface area contributed by atoms with Gasteiger partial charge in [0.1, 0.15) is 0 Å². The van der Waals surface area contributed by atoms with E-state index in [1.165, 1.54) is 0 Å². The van der Waals surface area contributed by atoms with Crippen LogP contribution in [0, 0.1) is 0 Å². The maximum Gasteiger partial charge on any atom is 0.373 e. The van der Waals surface area contributed by atoms with Gasteiger partial charge in [-0.1, -0.05) is 0 Å². The smallest absolute Gasteiger partial charge is 0.186 e. The number of hydrogen-bond acceptors (Lipinski definition) is 2. The van der Waals surface area contributed by atoms with Gasteiger partial charge in [-0.05, 0) is 0 Å². The summed E-state index contributed by atoms with van der Waals surface area (Å²) in [5, 5.41) is 0. The summed E-state index contributed by atoms with van der Waals surface area (Å²) in [6.07, 6.45) is 0.250. The molecule has 2 nitrogen and oxygen atoms in total. The first-order valence-corrected chi connectivity index (χ1v) is 0.408. The molecular weight excluding hydrogens is 83.1 g/mol. The molecule has 0 aromatic heterocycles. The van der Waals surface area contributed by atoms with Crippen molar-refractivity contribution in [3.05, 3.63) is 0 Å². The van der Waals surface area contributed by atoms with E-state index in [1.54, 1.807) is 0 Å². The van der Waals surface area contributed by atoms with Gasteiger partial charge in [0, 0.05) is 51.4 Å². The summed E-state index contributed by atoms with van der Waals surface area (Å²) in [5.74, 6) is 0. The molecule has 0 bridgehead atoms. The first-order chi connectivity index (χ1) is 1.41. The van der Waals surface area contributed by atoms with Crippen molar-refractivity contribution in [2.24, 2.45) is 0 Å².